The van der Waals surface area contributed by atoms with E-state index in [9.17, 15) is 4.79 Å². The second-order valence-corrected chi connectivity index (χ2v) is 2.39. The van der Waals surface area contributed by atoms with Gasteiger partial charge in [0.2, 0.25) is 0 Å². The molecule has 1 rings (SSSR count). The van der Waals surface area contributed by atoms with Gasteiger partial charge in [0, 0.05) is 10.9 Å². The molecule has 0 amide bonds. The van der Waals surface area contributed by atoms with Crippen LogP contribution >= 0.6 is 23.1 Å². The van der Waals surface area contributed by atoms with Gasteiger partial charge in [-0.2, -0.15) is 0 Å². The fraction of sp³-hybridized carbons (Fsp3) is 0.200. The molecule has 0 unspecified atom stereocenters. The van der Waals surface area contributed by atoms with E-state index in [1.165, 1.54) is 17.7 Å². The SMILES string of the molecule is O=C(CCl)c1cnsc1. The summed E-state index contributed by atoms with van der Waals surface area (Å²) in [4.78, 5) is 10.7. The molecule has 1 heterocycles. The number of rotatable bonds is 2. The van der Waals surface area contributed by atoms with Crippen molar-refractivity contribution in [1.82, 2.24) is 4.37 Å². The second kappa shape index (κ2) is 2.94. The molecule has 1 aromatic heterocycles. The molecular weight excluding hydrogens is 158 g/mol. The first-order chi connectivity index (χ1) is 4.34. The maximum absolute atomic E-state index is 10.7. The molecule has 0 atom stereocenters. The molecule has 0 radical (unpaired) electrons. The predicted octanol–water partition coefficient (Wildman–Crippen LogP) is 1.56. The van der Waals surface area contributed by atoms with Crippen LogP contribution in [0.2, 0.25) is 0 Å². The Labute approximate surface area is 61.6 Å². The lowest BCUT2D eigenvalue weighted by atomic mass is 10.3. The first-order valence-corrected chi connectivity index (χ1v) is 3.70. The Hall–Kier alpha value is -0.410. The first kappa shape index (κ1) is 6.71. The summed E-state index contributed by atoms with van der Waals surface area (Å²) in [7, 11) is 0. The largest absolute Gasteiger partial charge is 0.293 e. The number of alkyl halides is 1. The van der Waals surface area contributed by atoms with Crippen LogP contribution in [0.25, 0.3) is 0 Å². The van der Waals surface area contributed by atoms with Crippen molar-refractivity contribution in [2.75, 3.05) is 5.88 Å². The van der Waals surface area contributed by atoms with Crippen LogP contribution in [0.15, 0.2) is 11.6 Å². The molecule has 48 valence electrons. The number of ketones is 1. The Balaban J connectivity index is 2.77. The van der Waals surface area contributed by atoms with Gasteiger partial charge >= 0.3 is 0 Å². The number of halogens is 1. The normalized spacial score (nSPS) is 9.44. The number of nitrogens with zero attached hydrogens (tertiary/aromatic N) is 1. The summed E-state index contributed by atoms with van der Waals surface area (Å²) in [6.07, 6.45) is 1.52. The molecule has 2 nitrogen and oxygen atoms in total. The number of carbonyl (C=O) groups is 1. The van der Waals surface area contributed by atoms with Crippen molar-refractivity contribution in [1.29, 1.82) is 0 Å². The lowest BCUT2D eigenvalue weighted by Gasteiger charge is -1.84. The van der Waals surface area contributed by atoms with E-state index in [2.05, 4.69) is 4.37 Å². The molecule has 0 aliphatic rings. The van der Waals surface area contributed by atoms with Crippen LogP contribution in [0.4, 0.5) is 0 Å². The summed E-state index contributed by atoms with van der Waals surface area (Å²) < 4.78 is 3.75. The Morgan fingerprint density at radius 3 is 3.11 bits per heavy atom. The molecule has 0 aliphatic carbocycles. The lowest BCUT2D eigenvalue weighted by molar-refractivity contribution is 0.102. The van der Waals surface area contributed by atoms with Gasteiger partial charge in [-0.1, -0.05) is 0 Å². The van der Waals surface area contributed by atoms with Gasteiger partial charge in [0.25, 0.3) is 0 Å². The number of aromatic nitrogens is 1. The molecule has 0 N–H and O–H groups in total. The molecule has 0 aromatic carbocycles. The second-order valence-electron chi connectivity index (χ2n) is 1.47. The smallest absolute Gasteiger partial charge is 0.180 e. The van der Waals surface area contributed by atoms with Crippen LogP contribution in [-0.2, 0) is 0 Å². The highest BCUT2D eigenvalue weighted by Crippen LogP contribution is 2.02. The maximum atomic E-state index is 10.7. The minimum Gasteiger partial charge on any atom is -0.293 e. The summed E-state index contributed by atoms with van der Waals surface area (Å²) in [5.74, 6) is -0.0243. The summed E-state index contributed by atoms with van der Waals surface area (Å²) >= 11 is 6.52. The van der Waals surface area contributed by atoms with E-state index >= 15 is 0 Å². The number of hydrogen-bond acceptors (Lipinski definition) is 3. The van der Waals surface area contributed by atoms with Gasteiger partial charge in [-0.15, -0.1) is 11.6 Å². The van der Waals surface area contributed by atoms with Crippen LogP contribution in [0.1, 0.15) is 10.4 Å². The van der Waals surface area contributed by atoms with E-state index in [0.717, 1.165) is 0 Å². The zero-order chi connectivity index (χ0) is 6.69. The third-order valence-electron chi connectivity index (χ3n) is 0.876. The molecule has 0 bridgehead atoms. The number of carbonyl (C=O) groups excluding carboxylic acids is 1. The highest BCUT2D eigenvalue weighted by atomic mass is 35.5. The standard InChI is InChI=1S/C5H4ClNOS/c6-1-5(8)4-2-7-9-3-4/h2-3H,1H2. The average Bonchev–Trinajstić information content (AvgIpc) is 2.37. The summed E-state index contributed by atoms with van der Waals surface area (Å²) in [5.41, 5.74) is 0.606. The van der Waals surface area contributed by atoms with Crippen LogP contribution in [-0.4, -0.2) is 16.0 Å². The van der Waals surface area contributed by atoms with E-state index in [-0.39, 0.29) is 11.7 Å². The zero-order valence-corrected chi connectivity index (χ0v) is 6.08. The van der Waals surface area contributed by atoms with Gasteiger partial charge < -0.3 is 0 Å². The molecule has 9 heavy (non-hydrogen) atoms. The fourth-order valence-electron chi connectivity index (χ4n) is 0.420. The minimum absolute atomic E-state index is 0.0401. The van der Waals surface area contributed by atoms with Crippen molar-refractivity contribution in [2.45, 2.75) is 0 Å². The molecule has 4 heteroatoms. The topological polar surface area (TPSA) is 30.0 Å². The van der Waals surface area contributed by atoms with Gasteiger partial charge in [-0.25, -0.2) is 4.37 Å². The van der Waals surface area contributed by atoms with E-state index < -0.39 is 0 Å². The van der Waals surface area contributed by atoms with Gasteiger partial charge in [0.1, 0.15) is 0 Å². The van der Waals surface area contributed by atoms with Crippen molar-refractivity contribution in [2.24, 2.45) is 0 Å². The van der Waals surface area contributed by atoms with Crippen molar-refractivity contribution >= 4 is 28.9 Å². The predicted molar refractivity (Wildman–Crippen MR) is 37.2 cm³/mol. The van der Waals surface area contributed by atoms with E-state index in [4.69, 9.17) is 11.6 Å². The van der Waals surface area contributed by atoms with Crippen molar-refractivity contribution < 1.29 is 4.79 Å². The number of Topliss-reactive ketones (excluding diaryl/α,β-unsaturated/α-hetero) is 1. The van der Waals surface area contributed by atoms with Crippen LogP contribution in [0.3, 0.4) is 0 Å². The molecule has 0 fully saturated rings. The van der Waals surface area contributed by atoms with E-state index in [1.807, 2.05) is 0 Å². The van der Waals surface area contributed by atoms with Gasteiger partial charge in [0.15, 0.2) is 5.78 Å². The molecule has 0 spiro atoms. The van der Waals surface area contributed by atoms with Gasteiger partial charge in [-0.05, 0) is 11.5 Å². The van der Waals surface area contributed by atoms with Gasteiger partial charge in [-0.3, -0.25) is 4.79 Å². The Morgan fingerprint density at radius 2 is 2.67 bits per heavy atom. The van der Waals surface area contributed by atoms with Gasteiger partial charge in [0.05, 0.1) is 12.1 Å². The monoisotopic (exact) mass is 161 g/mol. The highest BCUT2D eigenvalue weighted by Gasteiger charge is 2.02. The highest BCUT2D eigenvalue weighted by molar-refractivity contribution is 7.03. The molecular formula is C5H4ClNOS. The van der Waals surface area contributed by atoms with Crippen molar-refractivity contribution in [3.8, 4) is 0 Å². The Bertz CT molecular complexity index is 197. The summed E-state index contributed by atoms with van der Waals surface area (Å²) in [5, 5.41) is 1.69. The zero-order valence-electron chi connectivity index (χ0n) is 4.50. The first-order valence-electron chi connectivity index (χ1n) is 2.33. The van der Waals surface area contributed by atoms with Crippen LogP contribution < -0.4 is 0 Å². The molecule has 0 saturated heterocycles. The van der Waals surface area contributed by atoms with E-state index in [0.29, 0.717) is 5.56 Å². The minimum atomic E-state index is -0.0644. The number of hydrogen-bond donors (Lipinski definition) is 0. The average molecular weight is 162 g/mol. The third kappa shape index (κ3) is 1.50. The van der Waals surface area contributed by atoms with Crippen LogP contribution in [0.5, 0.6) is 0 Å². The maximum Gasteiger partial charge on any atom is 0.180 e. The Kier molecular flexibility index (Phi) is 2.19. The summed E-state index contributed by atoms with van der Waals surface area (Å²) in [6, 6.07) is 0. The molecule has 1 aromatic rings. The van der Waals surface area contributed by atoms with Crippen LogP contribution in [0, 0.1) is 0 Å². The van der Waals surface area contributed by atoms with E-state index in [1.54, 1.807) is 5.38 Å². The molecule has 0 aliphatic heterocycles. The molecule has 0 saturated carbocycles. The van der Waals surface area contributed by atoms with Crippen molar-refractivity contribution in [3.63, 3.8) is 0 Å². The van der Waals surface area contributed by atoms with Crippen molar-refractivity contribution in [3.05, 3.63) is 17.1 Å². The Morgan fingerprint density at radius 1 is 1.89 bits per heavy atom. The third-order valence-corrected chi connectivity index (χ3v) is 1.70. The summed E-state index contributed by atoms with van der Waals surface area (Å²) in [6.45, 7) is 0. The lowest BCUT2D eigenvalue weighted by Crippen LogP contribution is -1.96. The quantitative estimate of drug-likeness (QED) is 0.487. The fourth-order valence-corrected chi connectivity index (χ4v) is 1.12.